The molecule has 0 spiro atoms. The van der Waals surface area contributed by atoms with E-state index in [1.54, 1.807) is 41.7 Å². The first-order valence-electron chi connectivity index (χ1n) is 13.1. The number of thiophene rings is 1. The van der Waals surface area contributed by atoms with E-state index in [1.165, 1.54) is 10.4 Å². The second kappa shape index (κ2) is 10.9. The van der Waals surface area contributed by atoms with Gasteiger partial charge in [-0.15, -0.1) is 11.3 Å². The van der Waals surface area contributed by atoms with E-state index in [4.69, 9.17) is 9.47 Å². The number of fused-ring (bicyclic) bond motifs is 3. The van der Waals surface area contributed by atoms with E-state index in [0.29, 0.717) is 23.7 Å². The van der Waals surface area contributed by atoms with Gasteiger partial charge in [-0.1, -0.05) is 54.6 Å². The molecule has 0 radical (unpaired) electrons. The van der Waals surface area contributed by atoms with Crippen LogP contribution in [0.5, 0.6) is 11.5 Å². The lowest BCUT2D eigenvalue weighted by Gasteiger charge is -2.29. The van der Waals surface area contributed by atoms with Crippen molar-refractivity contribution >= 4 is 28.2 Å². The minimum Gasteiger partial charge on any atom is -0.490 e. The van der Waals surface area contributed by atoms with E-state index >= 15 is 0 Å². The fourth-order valence-electron chi connectivity index (χ4n) is 5.10. The average molecular weight is 540 g/mol. The predicted molar refractivity (Wildman–Crippen MR) is 151 cm³/mol. The summed E-state index contributed by atoms with van der Waals surface area (Å²) in [7, 11) is 0. The van der Waals surface area contributed by atoms with Crippen LogP contribution in [0.2, 0.25) is 0 Å². The van der Waals surface area contributed by atoms with Crippen molar-refractivity contribution in [3.63, 3.8) is 0 Å². The summed E-state index contributed by atoms with van der Waals surface area (Å²) in [6.07, 6.45) is 0.424. The summed E-state index contributed by atoms with van der Waals surface area (Å²) in [6, 6.07) is 24.7. The summed E-state index contributed by atoms with van der Waals surface area (Å²) in [4.78, 5) is 29.6. The van der Waals surface area contributed by atoms with E-state index in [1.807, 2.05) is 31.2 Å². The minimum absolute atomic E-state index is 0.0692. The Kier molecular flexibility index (Phi) is 7.04. The standard InChI is InChI=1S/C31H29N3O4S/c1-2-37-25-17-22(13-14-24(25)38-31(36)21-11-7-4-8-12-21)28-32-29(35)27-23-15-16-34(18-20-9-5-3-6-10-20)19-26(23)39-30(27)33-28/h3-14,17,28,33H,2,15-16,18-19H2,1H3,(H,32,35)/t28-/m0/s1. The summed E-state index contributed by atoms with van der Waals surface area (Å²) >= 11 is 1.66. The number of anilines is 1. The molecule has 1 aromatic heterocycles. The Bertz CT molecular complexity index is 1500. The Labute approximate surface area is 231 Å². The van der Waals surface area contributed by atoms with Crippen molar-refractivity contribution in [2.24, 2.45) is 0 Å². The van der Waals surface area contributed by atoms with Crippen molar-refractivity contribution in [1.29, 1.82) is 0 Å². The van der Waals surface area contributed by atoms with Crippen molar-refractivity contribution in [2.75, 3.05) is 18.5 Å². The smallest absolute Gasteiger partial charge is 0.343 e. The topological polar surface area (TPSA) is 79.9 Å². The lowest BCUT2D eigenvalue weighted by molar-refractivity contribution is 0.0728. The molecule has 0 fully saturated rings. The highest BCUT2D eigenvalue weighted by Gasteiger charge is 2.33. The van der Waals surface area contributed by atoms with E-state index in [-0.39, 0.29) is 5.91 Å². The van der Waals surface area contributed by atoms with Gasteiger partial charge in [-0.2, -0.15) is 0 Å². The van der Waals surface area contributed by atoms with E-state index < -0.39 is 12.1 Å². The SMILES string of the molecule is CCOc1cc([C@H]2NC(=O)c3c(sc4c3CCN(Cc3ccccc3)C4)N2)ccc1OC(=O)c1ccccc1. The van der Waals surface area contributed by atoms with Gasteiger partial charge in [0, 0.05) is 24.5 Å². The summed E-state index contributed by atoms with van der Waals surface area (Å²) in [6.45, 7) is 4.93. The molecule has 7 nitrogen and oxygen atoms in total. The van der Waals surface area contributed by atoms with Crippen LogP contribution in [0.4, 0.5) is 5.00 Å². The van der Waals surface area contributed by atoms with Crippen molar-refractivity contribution in [3.8, 4) is 11.5 Å². The molecule has 0 saturated heterocycles. The highest BCUT2D eigenvalue weighted by molar-refractivity contribution is 7.16. The molecule has 3 aromatic carbocycles. The number of hydrogen-bond acceptors (Lipinski definition) is 7. The van der Waals surface area contributed by atoms with Crippen molar-refractivity contribution in [3.05, 3.63) is 112 Å². The maximum absolute atomic E-state index is 13.3. The fourth-order valence-corrected chi connectivity index (χ4v) is 6.42. The van der Waals surface area contributed by atoms with Gasteiger partial charge in [-0.3, -0.25) is 9.69 Å². The Morgan fingerprint density at radius 2 is 1.77 bits per heavy atom. The van der Waals surface area contributed by atoms with Crippen molar-refractivity contribution in [2.45, 2.75) is 32.6 Å². The van der Waals surface area contributed by atoms with Gasteiger partial charge in [0.15, 0.2) is 11.5 Å². The number of ether oxygens (including phenoxy) is 2. The first kappa shape index (κ1) is 25.2. The van der Waals surface area contributed by atoms with Crippen LogP contribution in [0, 0.1) is 0 Å². The van der Waals surface area contributed by atoms with E-state index in [2.05, 4.69) is 39.8 Å². The van der Waals surface area contributed by atoms with Crippen LogP contribution in [0.15, 0.2) is 78.9 Å². The first-order chi connectivity index (χ1) is 19.1. The van der Waals surface area contributed by atoms with E-state index in [9.17, 15) is 9.59 Å². The third-order valence-electron chi connectivity index (χ3n) is 6.98. The molecule has 6 rings (SSSR count). The second-order valence-corrected chi connectivity index (χ2v) is 10.7. The molecule has 1 atom stereocenters. The molecule has 0 saturated carbocycles. The maximum Gasteiger partial charge on any atom is 0.343 e. The van der Waals surface area contributed by atoms with Crippen molar-refractivity contribution < 1.29 is 19.1 Å². The van der Waals surface area contributed by atoms with Gasteiger partial charge in [0.25, 0.3) is 5.91 Å². The lowest BCUT2D eigenvalue weighted by atomic mass is 10.00. The van der Waals surface area contributed by atoms with Crippen LogP contribution in [0.3, 0.4) is 0 Å². The molecule has 0 bridgehead atoms. The Morgan fingerprint density at radius 1 is 1.00 bits per heavy atom. The van der Waals surface area contributed by atoms with Crippen LogP contribution in [0.25, 0.3) is 0 Å². The number of esters is 1. The zero-order valence-electron chi connectivity index (χ0n) is 21.6. The summed E-state index contributed by atoms with van der Waals surface area (Å²) < 4.78 is 11.4. The van der Waals surface area contributed by atoms with Gasteiger partial charge < -0.3 is 20.1 Å². The van der Waals surface area contributed by atoms with Crippen molar-refractivity contribution in [1.82, 2.24) is 10.2 Å². The monoisotopic (exact) mass is 539 g/mol. The quantitative estimate of drug-likeness (QED) is 0.229. The molecule has 8 heteroatoms. The summed E-state index contributed by atoms with van der Waals surface area (Å²) in [5.74, 6) is 0.259. The van der Waals surface area contributed by atoms with Crippen LogP contribution in [-0.4, -0.2) is 29.9 Å². The molecule has 2 aliphatic rings. The molecule has 0 unspecified atom stereocenters. The van der Waals surface area contributed by atoms with Crippen LogP contribution < -0.4 is 20.1 Å². The minimum atomic E-state index is -0.455. The Balaban J connectivity index is 1.20. The Morgan fingerprint density at radius 3 is 2.54 bits per heavy atom. The fraction of sp³-hybridized carbons (Fsp3) is 0.226. The number of nitrogens with zero attached hydrogens (tertiary/aromatic N) is 1. The maximum atomic E-state index is 13.3. The van der Waals surface area contributed by atoms with Crippen LogP contribution >= 0.6 is 11.3 Å². The van der Waals surface area contributed by atoms with E-state index in [0.717, 1.165) is 47.7 Å². The zero-order valence-corrected chi connectivity index (χ0v) is 22.4. The van der Waals surface area contributed by atoms with Crippen LogP contribution in [-0.2, 0) is 19.5 Å². The zero-order chi connectivity index (χ0) is 26.8. The summed E-state index contributed by atoms with van der Waals surface area (Å²) in [5.41, 5.74) is 4.49. The van der Waals surface area contributed by atoms with Gasteiger partial charge in [-0.05, 0) is 54.3 Å². The number of carbonyl (C=O) groups excluding carboxylic acids is 2. The lowest BCUT2D eigenvalue weighted by Crippen LogP contribution is -2.38. The van der Waals surface area contributed by atoms with Gasteiger partial charge in [0.1, 0.15) is 11.2 Å². The molecule has 198 valence electrons. The molecular formula is C31H29N3O4S. The molecule has 2 N–H and O–H groups in total. The Hall–Kier alpha value is -4.14. The average Bonchev–Trinajstić information content (AvgIpc) is 3.33. The van der Waals surface area contributed by atoms with Gasteiger partial charge in [0.05, 0.1) is 17.7 Å². The molecule has 39 heavy (non-hydrogen) atoms. The predicted octanol–water partition coefficient (Wildman–Crippen LogP) is 5.78. The largest absolute Gasteiger partial charge is 0.490 e. The number of nitrogens with one attached hydrogen (secondary N) is 2. The number of carbonyl (C=O) groups is 2. The van der Waals surface area contributed by atoms with Crippen LogP contribution in [0.1, 0.15) is 55.4 Å². The third kappa shape index (κ3) is 5.26. The number of rotatable bonds is 7. The van der Waals surface area contributed by atoms with Gasteiger partial charge in [-0.25, -0.2) is 4.79 Å². The molecular weight excluding hydrogens is 510 g/mol. The number of hydrogen-bond donors (Lipinski definition) is 2. The number of amides is 1. The highest BCUT2D eigenvalue weighted by Crippen LogP contribution is 2.42. The summed E-state index contributed by atoms with van der Waals surface area (Å²) in [5, 5.41) is 7.53. The van der Waals surface area contributed by atoms with Gasteiger partial charge in [0.2, 0.25) is 0 Å². The molecule has 0 aliphatic carbocycles. The second-order valence-electron chi connectivity index (χ2n) is 9.60. The molecule has 1 amide bonds. The van der Waals surface area contributed by atoms with Gasteiger partial charge >= 0.3 is 5.97 Å². The number of benzene rings is 3. The molecule has 4 aromatic rings. The highest BCUT2D eigenvalue weighted by atomic mass is 32.1. The third-order valence-corrected chi connectivity index (χ3v) is 8.12. The first-order valence-corrected chi connectivity index (χ1v) is 13.9. The molecule has 3 heterocycles. The normalized spacial score (nSPS) is 16.4. The molecule has 2 aliphatic heterocycles.